The Bertz CT molecular complexity index is 793. The number of urea groups is 1. The number of carbonyl (C=O) groups excluding carboxylic acids is 2. The molecule has 0 bridgehead atoms. The van der Waals surface area contributed by atoms with E-state index < -0.39 is 12.1 Å². The molecular weight excluding hydrogens is 337 g/mol. The maximum atomic E-state index is 12.9. The molecule has 2 aromatic carbocycles. The van der Waals surface area contributed by atoms with Gasteiger partial charge in [-0.2, -0.15) is 0 Å². The first-order valence-electron chi connectivity index (χ1n) is 8.25. The Balaban J connectivity index is 1.73. The normalized spacial score (nSPS) is 21.8. The summed E-state index contributed by atoms with van der Waals surface area (Å²) in [4.78, 5) is 24.6. The Morgan fingerprint density at radius 2 is 1.77 bits per heavy atom. The second-order valence-corrected chi connectivity index (χ2v) is 6.18. The Labute approximate surface area is 150 Å². The molecule has 1 saturated heterocycles. The highest BCUT2D eigenvalue weighted by Crippen LogP contribution is 2.30. The van der Waals surface area contributed by atoms with Gasteiger partial charge in [0.2, 0.25) is 5.91 Å². The van der Waals surface area contributed by atoms with Gasteiger partial charge in [-0.25, -0.2) is 9.18 Å². The minimum Gasteiger partial charge on any atom is -0.497 e. The fourth-order valence-corrected chi connectivity index (χ4v) is 3.16. The van der Waals surface area contributed by atoms with Crippen molar-refractivity contribution >= 4 is 17.6 Å². The van der Waals surface area contributed by atoms with Crippen molar-refractivity contribution in [3.8, 4) is 5.75 Å². The molecule has 136 valence electrons. The predicted octanol–water partition coefficient (Wildman–Crippen LogP) is 2.63. The lowest BCUT2D eigenvalue weighted by molar-refractivity contribution is -0.120. The van der Waals surface area contributed by atoms with Gasteiger partial charge >= 0.3 is 6.03 Å². The van der Waals surface area contributed by atoms with Crippen LogP contribution in [-0.4, -0.2) is 31.1 Å². The van der Waals surface area contributed by atoms with Gasteiger partial charge in [0.05, 0.1) is 7.11 Å². The largest absolute Gasteiger partial charge is 0.497 e. The number of ether oxygens (including phenoxy) is 1. The lowest BCUT2D eigenvalue weighted by Crippen LogP contribution is -2.44. The highest BCUT2D eigenvalue weighted by atomic mass is 19.1. The highest BCUT2D eigenvalue weighted by Gasteiger charge is 2.41. The first-order valence-corrected chi connectivity index (χ1v) is 8.25. The van der Waals surface area contributed by atoms with Gasteiger partial charge in [-0.3, -0.25) is 4.79 Å². The van der Waals surface area contributed by atoms with Crippen molar-refractivity contribution in [2.45, 2.75) is 24.9 Å². The predicted molar refractivity (Wildman–Crippen MR) is 95.7 cm³/mol. The summed E-state index contributed by atoms with van der Waals surface area (Å²) in [5.41, 5.74) is 1.36. The number of amides is 3. The molecule has 7 heteroatoms. The van der Waals surface area contributed by atoms with Gasteiger partial charge in [0, 0.05) is 17.6 Å². The van der Waals surface area contributed by atoms with E-state index in [-0.39, 0.29) is 23.7 Å². The average Bonchev–Trinajstić information content (AvgIpc) is 2.90. The molecule has 3 amide bonds. The molecule has 1 aliphatic heterocycles. The van der Waals surface area contributed by atoms with Crippen LogP contribution in [0.2, 0.25) is 0 Å². The highest BCUT2D eigenvalue weighted by molar-refractivity contribution is 5.95. The third-order valence-electron chi connectivity index (χ3n) is 4.44. The fourth-order valence-electron chi connectivity index (χ4n) is 3.16. The van der Waals surface area contributed by atoms with Crippen LogP contribution in [0.3, 0.4) is 0 Å². The van der Waals surface area contributed by atoms with Crippen molar-refractivity contribution < 1.29 is 18.7 Å². The summed E-state index contributed by atoms with van der Waals surface area (Å²) in [6.45, 7) is 1.90. The molecule has 0 aliphatic carbocycles. The van der Waals surface area contributed by atoms with E-state index in [4.69, 9.17) is 4.74 Å². The minimum absolute atomic E-state index is 0.132. The van der Waals surface area contributed by atoms with Crippen molar-refractivity contribution in [2.75, 3.05) is 12.4 Å². The van der Waals surface area contributed by atoms with Gasteiger partial charge in [-0.05, 0) is 48.9 Å². The first-order chi connectivity index (χ1) is 12.5. The summed E-state index contributed by atoms with van der Waals surface area (Å²) < 4.78 is 18.1. The van der Waals surface area contributed by atoms with Crippen molar-refractivity contribution in [2.24, 2.45) is 0 Å². The Morgan fingerprint density at radius 3 is 2.38 bits per heavy atom. The SMILES string of the molecule is COc1ccc([C@@H]2C(C)NC(=O)[C@H]2NC(=O)Nc2ccc(F)cc2)cc1. The standard InChI is InChI=1S/C19H20FN3O3/c1-11-16(12-3-9-15(26-2)10-4-12)17(18(24)21-11)23-19(25)22-14-7-5-13(20)6-8-14/h3-11,16-17H,1-2H3,(H,21,24)(H2,22,23,25)/t11?,16-,17-/m0/s1. The molecule has 0 aromatic heterocycles. The van der Waals surface area contributed by atoms with Crippen LogP contribution in [0.1, 0.15) is 18.4 Å². The third-order valence-corrected chi connectivity index (χ3v) is 4.44. The van der Waals surface area contributed by atoms with Crippen molar-refractivity contribution in [3.63, 3.8) is 0 Å². The number of carbonyl (C=O) groups is 2. The Kier molecular flexibility index (Phi) is 5.06. The molecule has 2 aromatic rings. The zero-order valence-electron chi connectivity index (χ0n) is 14.5. The van der Waals surface area contributed by atoms with Crippen LogP contribution in [0.5, 0.6) is 5.75 Å². The lowest BCUT2D eigenvalue weighted by atomic mass is 9.89. The molecule has 0 spiro atoms. The molecule has 3 rings (SSSR count). The van der Waals surface area contributed by atoms with Gasteiger partial charge in [0.15, 0.2) is 0 Å². The summed E-state index contributed by atoms with van der Waals surface area (Å²) in [7, 11) is 1.59. The van der Waals surface area contributed by atoms with Crippen molar-refractivity contribution in [1.82, 2.24) is 10.6 Å². The van der Waals surface area contributed by atoms with Crippen LogP contribution in [0.4, 0.5) is 14.9 Å². The van der Waals surface area contributed by atoms with E-state index >= 15 is 0 Å². The zero-order valence-corrected chi connectivity index (χ0v) is 14.5. The van der Waals surface area contributed by atoms with Crippen LogP contribution in [0.15, 0.2) is 48.5 Å². The van der Waals surface area contributed by atoms with Gasteiger partial charge in [-0.15, -0.1) is 0 Å². The lowest BCUT2D eigenvalue weighted by Gasteiger charge is -2.22. The van der Waals surface area contributed by atoms with Crippen LogP contribution < -0.4 is 20.7 Å². The van der Waals surface area contributed by atoms with E-state index in [0.717, 1.165) is 11.3 Å². The van der Waals surface area contributed by atoms with E-state index in [0.29, 0.717) is 5.69 Å². The molecule has 26 heavy (non-hydrogen) atoms. The molecule has 1 unspecified atom stereocenters. The first kappa shape index (κ1) is 17.7. The van der Waals surface area contributed by atoms with E-state index in [2.05, 4.69) is 16.0 Å². The number of rotatable bonds is 4. The van der Waals surface area contributed by atoms with Crippen LogP contribution >= 0.6 is 0 Å². The average molecular weight is 357 g/mol. The molecule has 3 N–H and O–H groups in total. The van der Waals surface area contributed by atoms with Gasteiger partial charge in [0.1, 0.15) is 17.6 Å². The second-order valence-electron chi connectivity index (χ2n) is 6.18. The number of nitrogens with one attached hydrogen (secondary N) is 3. The smallest absolute Gasteiger partial charge is 0.319 e. The van der Waals surface area contributed by atoms with E-state index in [9.17, 15) is 14.0 Å². The van der Waals surface area contributed by atoms with Gasteiger partial charge in [-0.1, -0.05) is 12.1 Å². The summed E-state index contributed by atoms with van der Waals surface area (Å²) in [5, 5.41) is 8.18. The summed E-state index contributed by atoms with van der Waals surface area (Å²) in [6.07, 6.45) is 0. The molecule has 0 saturated carbocycles. The van der Waals surface area contributed by atoms with Crippen LogP contribution in [0.25, 0.3) is 0 Å². The summed E-state index contributed by atoms with van der Waals surface area (Å²) >= 11 is 0. The molecular formula is C19H20FN3O3. The van der Waals surface area contributed by atoms with Crippen molar-refractivity contribution in [1.29, 1.82) is 0 Å². The number of methoxy groups -OCH3 is 1. The number of benzene rings is 2. The summed E-state index contributed by atoms with van der Waals surface area (Å²) in [6, 6.07) is 11.4. The molecule has 0 radical (unpaired) electrons. The third kappa shape index (κ3) is 3.77. The number of hydrogen-bond donors (Lipinski definition) is 3. The molecule has 3 atom stereocenters. The zero-order chi connectivity index (χ0) is 18.7. The van der Waals surface area contributed by atoms with Gasteiger partial charge < -0.3 is 20.7 Å². The maximum absolute atomic E-state index is 12.9. The number of anilines is 1. The maximum Gasteiger partial charge on any atom is 0.319 e. The topological polar surface area (TPSA) is 79.5 Å². The fraction of sp³-hybridized carbons (Fsp3) is 0.263. The van der Waals surface area contributed by atoms with Crippen molar-refractivity contribution in [3.05, 3.63) is 59.9 Å². The van der Waals surface area contributed by atoms with Crippen LogP contribution in [-0.2, 0) is 4.79 Å². The number of halogens is 1. The van der Waals surface area contributed by atoms with E-state index in [1.165, 1.54) is 24.3 Å². The van der Waals surface area contributed by atoms with Crippen LogP contribution in [0, 0.1) is 5.82 Å². The van der Waals surface area contributed by atoms with E-state index in [1.54, 1.807) is 7.11 Å². The number of hydrogen-bond acceptors (Lipinski definition) is 3. The van der Waals surface area contributed by atoms with Gasteiger partial charge in [0.25, 0.3) is 0 Å². The Hall–Kier alpha value is -3.09. The quantitative estimate of drug-likeness (QED) is 0.787. The molecule has 6 nitrogen and oxygen atoms in total. The molecule has 1 fully saturated rings. The Morgan fingerprint density at radius 1 is 1.12 bits per heavy atom. The van der Waals surface area contributed by atoms with E-state index in [1.807, 2.05) is 31.2 Å². The minimum atomic E-state index is -0.709. The monoisotopic (exact) mass is 357 g/mol. The molecule has 1 aliphatic rings. The second kappa shape index (κ2) is 7.43. The summed E-state index contributed by atoms with van der Waals surface area (Å²) in [5.74, 6) is -0.128. The molecule has 1 heterocycles.